The van der Waals surface area contributed by atoms with Crippen molar-refractivity contribution in [1.29, 1.82) is 0 Å². The number of carbonyl (C=O) groups excluding carboxylic acids is 2. The summed E-state index contributed by atoms with van der Waals surface area (Å²) in [6, 6.07) is 11.1. The molecule has 2 aliphatic rings. The first-order chi connectivity index (χ1) is 17.1. The molecule has 8 heteroatoms. The minimum atomic E-state index is -0.765. The molecule has 0 radical (unpaired) electrons. The fourth-order valence-corrected chi connectivity index (χ4v) is 5.07. The van der Waals surface area contributed by atoms with Gasteiger partial charge in [0.25, 0.3) is 0 Å². The third kappa shape index (κ3) is 4.43. The molecule has 7 nitrogen and oxygen atoms in total. The predicted molar refractivity (Wildman–Crippen MR) is 134 cm³/mol. The number of benzene rings is 2. The number of ether oxygens (including phenoxy) is 3. The number of hydrogen-bond acceptors (Lipinski definition) is 7. The third-order valence-corrected chi connectivity index (χ3v) is 6.58. The third-order valence-electron chi connectivity index (χ3n) is 6.58. The van der Waals surface area contributed by atoms with Crippen LogP contribution in [0.3, 0.4) is 0 Å². The van der Waals surface area contributed by atoms with Gasteiger partial charge in [-0.05, 0) is 60.7 Å². The Labute approximate surface area is 210 Å². The highest BCUT2D eigenvalue weighted by Gasteiger charge is 2.46. The van der Waals surface area contributed by atoms with Gasteiger partial charge < -0.3 is 19.9 Å². The van der Waals surface area contributed by atoms with Gasteiger partial charge in [0.1, 0.15) is 11.6 Å². The van der Waals surface area contributed by atoms with E-state index in [0.29, 0.717) is 46.9 Å². The number of nitrogens with zero attached hydrogens (tertiary/aromatic N) is 1. The van der Waals surface area contributed by atoms with Crippen molar-refractivity contribution in [3.8, 4) is 11.5 Å². The summed E-state index contributed by atoms with van der Waals surface area (Å²) in [6.07, 6.45) is 0.842. The predicted octanol–water partition coefficient (Wildman–Crippen LogP) is 4.82. The Balaban J connectivity index is 2.03. The average molecular weight is 495 g/mol. The lowest BCUT2D eigenvalue weighted by Gasteiger charge is -2.44. The smallest absolute Gasteiger partial charge is 0.338 e. The van der Waals surface area contributed by atoms with E-state index in [1.54, 1.807) is 42.2 Å². The fourth-order valence-electron chi connectivity index (χ4n) is 5.07. The van der Waals surface area contributed by atoms with Crippen LogP contribution in [0.25, 0.3) is 0 Å². The molecule has 0 bridgehead atoms. The van der Waals surface area contributed by atoms with E-state index in [-0.39, 0.29) is 29.2 Å². The first-order valence-corrected chi connectivity index (χ1v) is 11.8. The average Bonchev–Trinajstić information content (AvgIpc) is 2.83. The van der Waals surface area contributed by atoms with Crippen LogP contribution >= 0.6 is 0 Å². The summed E-state index contributed by atoms with van der Waals surface area (Å²) in [5.41, 5.74) is 8.92. The molecule has 0 aromatic heterocycles. The highest BCUT2D eigenvalue weighted by Crippen LogP contribution is 2.51. The van der Waals surface area contributed by atoms with Crippen molar-refractivity contribution in [3.63, 3.8) is 0 Å². The van der Waals surface area contributed by atoms with Gasteiger partial charge in [-0.25, -0.2) is 9.18 Å². The highest BCUT2D eigenvalue weighted by molar-refractivity contribution is 6.05. The molecule has 1 aliphatic heterocycles. The SMILES string of the molecule is CCOC(=O)C1=C(N)N(c2ccc(F)cc2)C2=C(C(=O)CC(C)(C)C2)[C@H]1c1ccc(OC)c(OC)c1. The zero-order valence-electron chi connectivity index (χ0n) is 21.2. The molecule has 0 saturated heterocycles. The number of Topliss-reactive ketones (excluding diaryl/α,β-unsaturated/α-hetero) is 1. The summed E-state index contributed by atoms with van der Waals surface area (Å²) in [5, 5.41) is 0. The summed E-state index contributed by atoms with van der Waals surface area (Å²) in [4.78, 5) is 28.8. The van der Waals surface area contributed by atoms with Crippen LogP contribution < -0.4 is 20.1 Å². The van der Waals surface area contributed by atoms with E-state index in [2.05, 4.69) is 0 Å². The van der Waals surface area contributed by atoms with Crippen molar-refractivity contribution in [3.05, 3.63) is 76.5 Å². The second-order valence-corrected chi connectivity index (χ2v) is 9.68. The monoisotopic (exact) mass is 494 g/mol. The summed E-state index contributed by atoms with van der Waals surface area (Å²) < 4.78 is 30.1. The molecule has 2 aromatic rings. The number of rotatable bonds is 6. The molecule has 1 atom stereocenters. The van der Waals surface area contributed by atoms with Gasteiger partial charge in [-0.3, -0.25) is 9.69 Å². The van der Waals surface area contributed by atoms with Gasteiger partial charge >= 0.3 is 5.97 Å². The quantitative estimate of drug-likeness (QED) is 0.576. The van der Waals surface area contributed by atoms with Gasteiger partial charge in [-0.2, -0.15) is 0 Å². The van der Waals surface area contributed by atoms with Gasteiger partial charge in [0.2, 0.25) is 0 Å². The molecule has 0 saturated carbocycles. The standard InChI is InChI=1S/C28H31FN2O5/c1-6-36-27(33)25-23(16-7-12-21(34-4)22(13-16)35-5)24-19(14-28(2,3)15-20(24)32)31(26(25)30)18-10-8-17(29)9-11-18/h7-13,23H,6,14-15,30H2,1-5H3/t23-/m1/s1. The maximum Gasteiger partial charge on any atom is 0.338 e. The summed E-state index contributed by atoms with van der Waals surface area (Å²) in [5.74, 6) is -0.744. The number of esters is 1. The van der Waals surface area contributed by atoms with Gasteiger partial charge in [0, 0.05) is 23.4 Å². The molecule has 0 unspecified atom stereocenters. The molecule has 0 fully saturated rings. The van der Waals surface area contributed by atoms with Crippen molar-refractivity contribution in [1.82, 2.24) is 0 Å². The van der Waals surface area contributed by atoms with Crippen LogP contribution in [0, 0.1) is 11.2 Å². The maximum absolute atomic E-state index is 13.8. The molecule has 1 aliphatic carbocycles. The Morgan fingerprint density at radius 1 is 1.08 bits per heavy atom. The largest absolute Gasteiger partial charge is 0.493 e. The molecule has 2 aromatic carbocycles. The van der Waals surface area contributed by atoms with Crippen molar-refractivity contribution in [2.24, 2.45) is 11.1 Å². The Morgan fingerprint density at radius 2 is 1.75 bits per heavy atom. The Bertz CT molecular complexity index is 1260. The zero-order valence-corrected chi connectivity index (χ0v) is 21.2. The minimum absolute atomic E-state index is 0.0811. The highest BCUT2D eigenvalue weighted by atomic mass is 19.1. The van der Waals surface area contributed by atoms with E-state index >= 15 is 0 Å². The van der Waals surface area contributed by atoms with Crippen LogP contribution in [0.5, 0.6) is 11.5 Å². The molecule has 190 valence electrons. The zero-order chi connectivity index (χ0) is 26.2. The van der Waals surface area contributed by atoms with Crippen LogP contribution in [0.2, 0.25) is 0 Å². The Hall–Kier alpha value is -3.81. The second-order valence-electron chi connectivity index (χ2n) is 9.68. The Morgan fingerprint density at radius 3 is 2.36 bits per heavy atom. The van der Waals surface area contributed by atoms with Crippen molar-refractivity contribution < 1.29 is 28.2 Å². The number of carbonyl (C=O) groups is 2. The van der Waals surface area contributed by atoms with Crippen molar-refractivity contribution in [2.75, 3.05) is 25.7 Å². The molecule has 0 amide bonds. The molecule has 4 rings (SSSR count). The number of anilines is 1. The van der Waals surface area contributed by atoms with Gasteiger partial charge in [0.15, 0.2) is 17.3 Å². The molecule has 1 heterocycles. The van der Waals surface area contributed by atoms with Gasteiger partial charge in [-0.15, -0.1) is 0 Å². The van der Waals surface area contributed by atoms with Crippen LogP contribution in [0.1, 0.15) is 45.1 Å². The lowest BCUT2D eigenvalue weighted by Crippen LogP contribution is -2.43. The van der Waals surface area contributed by atoms with Crippen LogP contribution in [0.15, 0.2) is 65.1 Å². The summed E-state index contributed by atoms with van der Waals surface area (Å²) in [7, 11) is 3.06. The number of methoxy groups -OCH3 is 2. The van der Waals surface area contributed by atoms with E-state index in [0.717, 1.165) is 0 Å². The van der Waals surface area contributed by atoms with Crippen LogP contribution in [-0.2, 0) is 14.3 Å². The maximum atomic E-state index is 13.8. The minimum Gasteiger partial charge on any atom is -0.493 e. The topological polar surface area (TPSA) is 91.1 Å². The number of halogens is 1. The number of nitrogens with two attached hydrogens (primary N) is 1. The number of hydrogen-bond donors (Lipinski definition) is 1. The molecular weight excluding hydrogens is 463 g/mol. The first-order valence-electron chi connectivity index (χ1n) is 11.8. The molecular formula is C28H31FN2O5. The van der Waals surface area contributed by atoms with E-state index in [1.807, 2.05) is 13.8 Å². The Kier molecular flexibility index (Phi) is 6.80. The lowest BCUT2D eigenvalue weighted by molar-refractivity contribution is -0.138. The molecule has 36 heavy (non-hydrogen) atoms. The van der Waals surface area contributed by atoms with E-state index in [9.17, 15) is 14.0 Å². The number of ketones is 1. The molecule has 0 spiro atoms. The fraction of sp³-hybridized carbons (Fsp3) is 0.357. The van der Waals surface area contributed by atoms with Crippen molar-refractivity contribution >= 4 is 17.4 Å². The van der Waals surface area contributed by atoms with Crippen LogP contribution in [-0.4, -0.2) is 32.6 Å². The first kappa shape index (κ1) is 25.3. The summed E-state index contributed by atoms with van der Waals surface area (Å²) in [6.45, 7) is 5.88. The summed E-state index contributed by atoms with van der Waals surface area (Å²) >= 11 is 0. The van der Waals surface area contributed by atoms with Crippen LogP contribution in [0.4, 0.5) is 10.1 Å². The molecule has 2 N–H and O–H groups in total. The van der Waals surface area contributed by atoms with Gasteiger partial charge in [0.05, 0.1) is 32.3 Å². The second kappa shape index (κ2) is 9.68. The van der Waals surface area contributed by atoms with Crippen molar-refractivity contribution in [2.45, 2.75) is 39.5 Å². The normalized spacial score (nSPS) is 19.2. The van der Waals surface area contributed by atoms with E-state index in [1.165, 1.54) is 26.4 Å². The van der Waals surface area contributed by atoms with E-state index < -0.39 is 17.7 Å². The van der Waals surface area contributed by atoms with Gasteiger partial charge in [-0.1, -0.05) is 19.9 Å². The lowest BCUT2D eigenvalue weighted by atomic mass is 9.68. The van der Waals surface area contributed by atoms with E-state index in [4.69, 9.17) is 19.9 Å². The number of allylic oxidation sites excluding steroid dienone is 2.